The van der Waals surface area contributed by atoms with Gasteiger partial charge in [-0.05, 0) is 23.8 Å². The summed E-state index contributed by atoms with van der Waals surface area (Å²) in [5.74, 6) is -3.81. The Morgan fingerprint density at radius 2 is 1.88 bits per heavy atom. The normalized spacial score (nSPS) is 20.5. The van der Waals surface area contributed by atoms with Crippen LogP contribution in [0.25, 0.3) is 0 Å². The Morgan fingerprint density at radius 3 is 2.39 bits per heavy atom. The highest BCUT2D eigenvalue weighted by atomic mass is 35.5. The Balaban J connectivity index is 2.27. The van der Waals surface area contributed by atoms with Crippen LogP contribution < -0.4 is 10.6 Å². The van der Waals surface area contributed by atoms with E-state index in [4.69, 9.17) is 11.6 Å². The zero-order valence-corrected chi connectivity index (χ0v) is 19.3. The molecule has 0 aromatic carbocycles. The Kier molecular flexibility index (Phi) is 7.96. The summed E-state index contributed by atoms with van der Waals surface area (Å²) in [6.07, 6.45) is -2.19. The van der Waals surface area contributed by atoms with E-state index in [1.807, 2.05) is 6.07 Å². The molecule has 2 N–H and O–H groups in total. The summed E-state index contributed by atoms with van der Waals surface area (Å²) in [6.45, 7) is 6.44. The molecule has 0 saturated carbocycles. The van der Waals surface area contributed by atoms with Crippen LogP contribution in [-0.4, -0.2) is 52.4 Å². The van der Waals surface area contributed by atoms with Gasteiger partial charge in [0.15, 0.2) is 0 Å². The fourth-order valence-electron chi connectivity index (χ4n) is 3.58. The Morgan fingerprint density at radius 1 is 1.24 bits per heavy atom. The topological polar surface area (TPSA) is 115 Å². The smallest absolute Gasteiger partial charge is 0.336 e. The molecule has 33 heavy (non-hydrogen) atoms. The van der Waals surface area contributed by atoms with Crippen molar-refractivity contribution < 1.29 is 27.6 Å². The minimum atomic E-state index is -5.16. The summed E-state index contributed by atoms with van der Waals surface area (Å²) >= 11 is 5.89. The molecule has 1 saturated heterocycles. The lowest BCUT2D eigenvalue weighted by molar-refractivity contribution is -0.176. The van der Waals surface area contributed by atoms with Crippen LogP contribution in [0.15, 0.2) is 18.5 Å². The fraction of sp³-hybridized carbons (Fsp3) is 0.571. The average Bonchev–Trinajstić information content (AvgIpc) is 3.09. The maximum Gasteiger partial charge on any atom is 0.471 e. The molecule has 1 aliphatic heterocycles. The maximum atomic E-state index is 13.3. The van der Waals surface area contributed by atoms with E-state index in [0.717, 1.165) is 4.90 Å². The molecule has 1 aliphatic rings. The Bertz CT molecular complexity index is 958. The van der Waals surface area contributed by atoms with Crippen LogP contribution in [0.3, 0.4) is 0 Å². The number of carbonyl (C=O) groups excluding carboxylic acids is 3. The van der Waals surface area contributed by atoms with Crippen molar-refractivity contribution in [3.63, 3.8) is 0 Å². The number of amides is 3. The second-order valence-electron chi connectivity index (χ2n) is 9.12. The highest BCUT2D eigenvalue weighted by molar-refractivity contribution is 6.30. The SMILES string of the molecule is C[C@@H]1C[C@@H](C(=O)N[C@H](C#N)c2cncc(Cl)c2)N(C(=O)[C@@H](NC(=O)C(F)(F)F)C(C)(C)C)C1. The van der Waals surface area contributed by atoms with Crippen LogP contribution in [0.1, 0.15) is 45.7 Å². The molecule has 1 aromatic rings. The molecule has 1 fully saturated rings. The van der Waals surface area contributed by atoms with Gasteiger partial charge in [0, 0.05) is 24.5 Å². The second-order valence-corrected chi connectivity index (χ2v) is 9.56. The van der Waals surface area contributed by atoms with Gasteiger partial charge in [0.05, 0.1) is 11.1 Å². The van der Waals surface area contributed by atoms with Crippen molar-refractivity contribution in [1.82, 2.24) is 20.5 Å². The summed E-state index contributed by atoms with van der Waals surface area (Å²) < 4.78 is 38.5. The predicted molar refractivity (Wildman–Crippen MR) is 112 cm³/mol. The van der Waals surface area contributed by atoms with E-state index in [1.165, 1.54) is 39.2 Å². The first-order valence-corrected chi connectivity index (χ1v) is 10.5. The summed E-state index contributed by atoms with van der Waals surface area (Å²) in [7, 11) is 0. The third-order valence-corrected chi connectivity index (χ3v) is 5.42. The number of nitriles is 1. The molecule has 2 heterocycles. The van der Waals surface area contributed by atoms with Crippen molar-refractivity contribution in [2.75, 3.05) is 6.54 Å². The summed E-state index contributed by atoms with van der Waals surface area (Å²) in [6, 6.07) is -0.247. The highest BCUT2D eigenvalue weighted by Crippen LogP contribution is 2.29. The van der Waals surface area contributed by atoms with Gasteiger partial charge in [-0.15, -0.1) is 0 Å². The van der Waals surface area contributed by atoms with E-state index in [0.29, 0.717) is 5.56 Å². The third kappa shape index (κ3) is 6.57. The van der Waals surface area contributed by atoms with Gasteiger partial charge in [-0.2, -0.15) is 18.4 Å². The van der Waals surface area contributed by atoms with Crippen LogP contribution in [0.4, 0.5) is 13.2 Å². The first-order valence-electron chi connectivity index (χ1n) is 10.1. The third-order valence-electron chi connectivity index (χ3n) is 5.22. The van der Waals surface area contributed by atoms with Crippen molar-refractivity contribution in [2.45, 2.75) is 58.4 Å². The predicted octanol–water partition coefficient (Wildman–Crippen LogP) is 2.75. The Labute approximate surface area is 194 Å². The van der Waals surface area contributed by atoms with Gasteiger partial charge in [0.2, 0.25) is 11.8 Å². The molecule has 0 radical (unpaired) electrons. The molecule has 0 aliphatic carbocycles. The molecule has 8 nitrogen and oxygen atoms in total. The van der Waals surface area contributed by atoms with E-state index in [-0.39, 0.29) is 23.9 Å². The Hall–Kier alpha value is -2.87. The van der Waals surface area contributed by atoms with Crippen LogP contribution in [0.5, 0.6) is 0 Å². The zero-order valence-electron chi connectivity index (χ0n) is 18.5. The number of carbonyl (C=O) groups is 3. The molecule has 2 rings (SSSR count). The fourth-order valence-corrected chi connectivity index (χ4v) is 3.76. The number of alkyl halides is 3. The van der Waals surface area contributed by atoms with Gasteiger partial charge in [-0.25, -0.2) is 0 Å². The number of rotatable bonds is 5. The lowest BCUT2D eigenvalue weighted by Gasteiger charge is -2.35. The highest BCUT2D eigenvalue weighted by Gasteiger charge is 2.47. The molecule has 0 unspecified atom stereocenters. The summed E-state index contributed by atoms with van der Waals surface area (Å²) in [5, 5.41) is 14.1. The number of nitrogens with zero attached hydrogens (tertiary/aromatic N) is 3. The zero-order chi connectivity index (χ0) is 25.1. The number of nitrogens with one attached hydrogen (secondary N) is 2. The molecule has 3 amide bonds. The lowest BCUT2D eigenvalue weighted by Crippen LogP contribution is -2.59. The van der Waals surface area contributed by atoms with Gasteiger partial charge >= 0.3 is 12.1 Å². The minimum absolute atomic E-state index is 0.112. The number of hydrogen-bond donors (Lipinski definition) is 2. The summed E-state index contributed by atoms with van der Waals surface area (Å²) in [5.41, 5.74) is -0.723. The lowest BCUT2D eigenvalue weighted by atomic mass is 9.85. The average molecular weight is 488 g/mol. The van der Waals surface area contributed by atoms with Crippen LogP contribution >= 0.6 is 11.6 Å². The van der Waals surface area contributed by atoms with E-state index >= 15 is 0 Å². The first-order chi connectivity index (χ1) is 15.1. The van der Waals surface area contributed by atoms with Crippen LogP contribution in [-0.2, 0) is 14.4 Å². The van der Waals surface area contributed by atoms with Crippen LogP contribution in [0, 0.1) is 22.7 Å². The molecule has 0 spiro atoms. The van der Waals surface area contributed by atoms with Gasteiger partial charge in [0.1, 0.15) is 18.1 Å². The van der Waals surface area contributed by atoms with E-state index < -0.39 is 47.4 Å². The number of aromatic nitrogens is 1. The number of hydrogen-bond acceptors (Lipinski definition) is 5. The van der Waals surface area contributed by atoms with Gasteiger partial charge in [-0.3, -0.25) is 19.4 Å². The van der Waals surface area contributed by atoms with Crippen molar-refractivity contribution in [3.05, 3.63) is 29.0 Å². The van der Waals surface area contributed by atoms with E-state index in [9.17, 15) is 32.8 Å². The number of pyridine rings is 1. The van der Waals surface area contributed by atoms with Crippen molar-refractivity contribution in [3.8, 4) is 6.07 Å². The van der Waals surface area contributed by atoms with Gasteiger partial charge in [0.25, 0.3) is 0 Å². The summed E-state index contributed by atoms with van der Waals surface area (Å²) in [4.78, 5) is 42.9. The first kappa shape index (κ1) is 26.4. The molecule has 1 aromatic heterocycles. The van der Waals surface area contributed by atoms with Crippen molar-refractivity contribution >= 4 is 29.3 Å². The van der Waals surface area contributed by atoms with Gasteiger partial charge < -0.3 is 15.5 Å². The van der Waals surface area contributed by atoms with Crippen LogP contribution in [0.2, 0.25) is 5.02 Å². The maximum absolute atomic E-state index is 13.3. The molecule has 12 heteroatoms. The quantitative estimate of drug-likeness (QED) is 0.662. The number of likely N-dealkylation sites (tertiary alicyclic amines) is 1. The molecular formula is C21H25ClF3N5O3. The van der Waals surface area contributed by atoms with Gasteiger partial charge in [-0.1, -0.05) is 39.3 Å². The standard InChI is InChI=1S/C21H25ClF3N5O3/c1-11-5-15(17(31)28-14(7-26)12-6-13(22)9-27-8-12)30(10-11)18(32)16(20(2,3)4)29-19(33)21(23,24)25/h6,8-9,11,14-16H,5,10H2,1-4H3,(H,28,31)(H,29,33)/t11-,14-,15+,16-/m1/s1. The number of halogens is 4. The molecule has 0 bridgehead atoms. The monoisotopic (exact) mass is 487 g/mol. The van der Waals surface area contributed by atoms with Crippen molar-refractivity contribution in [1.29, 1.82) is 5.26 Å². The van der Waals surface area contributed by atoms with E-state index in [2.05, 4.69) is 10.3 Å². The second kappa shape index (κ2) is 9.95. The van der Waals surface area contributed by atoms with E-state index in [1.54, 1.807) is 12.2 Å². The van der Waals surface area contributed by atoms with Crippen molar-refractivity contribution in [2.24, 2.45) is 11.3 Å². The minimum Gasteiger partial charge on any atom is -0.336 e. The molecule has 4 atom stereocenters. The molecule has 180 valence electrons. The largest absolute Gasteiger partial charge is 0.471 e. The molecular weight excluding hydrogens is 463 g/mol.